The van der Waals surface area contributed by atoms with Gasteiger partial charge in [-0.3, -0.25) is 0 Å². The molecule has 0 nitrogen and oxygen atoms in total. The Labute approximate surface area is 189 Å². The highest BCUT2D eigenvalue weighted by Gasteiger charge is 2.54. The van der Waals surface area contributed by atoms with Gasteiger partial charge in [-0.1, -0.05) is 103 Å². The molecule has 164 valence electrons. The smallest absolute Gasteiger partial charge is 0.0256 e. The Morgan fingerprint density at radius 2 is 0.966 bits per heavy atom. The van der Waals surface area contributed by atoms with Crippen LogP contribution in [0.5, 0.6) is 0 Å². The standard InChI is InChI=1S/C28H45Br/c1-9-13-27(14-10-2)18-25(5,6)20-17-21-23(24(29)22(20)27)28(15-11-3,16-12-4)19-26(21,7)8/h17H,9-16,18-19H2,1-8H3. The van der Waals surface area contributed by atoms with Gasteiger partial charge in [-0.15, -0.1) is 0 Å². The van der Waals surface area contributed by atoms with Gasteiger partial charge in [0.2, 0.25) is 0 Å². The highest BCUT2D eigenvalue weighted by atomic mass is 79.9. The van der Waals surface area contributed by atoms with Crippen LogP contribution in [-0.2, 0) is 21.7 Å². The van der Waals surface area contributed by atoms with Gasteiger partial charge in [0, 0.05) is 4.47 Å². The molecule has 1 heteroatoms. The molecule has 0 spiro atoms. The second kappa shape index (κ2) is 7.99. The van der Waals surface area contributed by atoms with Crippen molar-refractivity contribution < 1.29 is 0 Å². The van der Waals surface area contributed by atoms with Crippen molar-refractivity contribution in [1.82, 2.24) is 0 Å². The number of fused-ring (bicyclic) bond motifs is 2. The molecule has 0 saturated heterocycles. The summed E-state index contributed by atoms with van der Waals surface area (Å²) in [5, 5.41) is 0. The van der Waals surface area contributed by atoms with Crippen LogP contribution < -0.4 is 0 Å². The molecular weight excluding hydrogens is 416 g/mol. The molecule has 0 unspecified atom stereocenters. The molecule has 29 heavy (non-hydrogen) atoms. The van der Waals surface area contributed by atoms with Crippen molar-refractivity contribution >= 4 is 15.9 Å². The first-order valence-electron chi connectivity index (χ1n) is 12.4. The topological polar surface area (TPSA) is 0 Å². The third kappa shape index (κ3) is 3.56. The maximum Gasteiger partial charge on any atom is 0.0256 e. The maximum absolute atomic E-state index is 4.32. The molecule has 2 aliphatic carbocycles. The molecule has 2 aliphatic rings. The summed E-state index contributed by atoms with van der Waals surface area (Å²) in [4.78, 5) is 0. The summed E-state index contributed by atoms with van der Waals surface area (Å²) in [5.74, 6) is 0. The van der Waals surface area contributed by atoms with E-state index in [1.54, 1.807) is 22.3 Å². The summed E-state index contributed by atoms with van der Waals surface area (Å²) >= 11 is 4.32. The van der Waals surface area contributed by atoms with Crippen molar-refractivity contribution in [3.63, 3.8) is 0 Å². The lowest BCUT2D eigenvalue weighted by molar-refractivity contribution is 0.295. The zero-order chi connectivity index (χ0) is 21.7. The van der Waals surface area contributed by atoms with Gasteiger partial charge in [0.05, 0.1) is 0 Å². The Balaban J connectivity index is 2.36. The van der Waals surface area contributed by atoms with E-state index < -0.39 is 0 Å². The van der Waals surface area contributed by atoms with Crippen LogP contribution in [0.1, 0.15) is 142 Å². The van der Waals surface area contributed by atoms with Crippen LogP contribution in [0.4, 0.5) is 0 Å². The monoisotopic (exact) mass is 460 g/mol. The van der Waals surface area contributed by atoms with Crippen molar-refractivity contribution in [2.24, 2.45) is 0 Å². The lowest BCUT2D eigenvalue weighted by Gasteiger charge is -2.36. The van der Waals surface area contributed by atoms with Crippen molar-refractivity contribution in [2.75, 3.05) is 0 Å². The molecule has 0 saturated carbocycles. The SMILES string of the molecule is CCCC1(CCC)CC(C)(C)c2cc3c(c(Br)c21)C(CCC)(CCC)CC3(C)C. The van der Waals surface area contributed by atoms with Crippen LogP contribution in [0.2, 0.25) is 0 Å². The Hall–Kier alpha value is -0.300. The molecule has 1 aromatic carbocycles. The highest BCUT2D eigenvalue weighted by Crippen LogP contribution is 2.63. The summed E-state index contributed by atoms with van der Waals surface area (Å²) < 4.78 is 1.52. The fourth-order valence-corrected chi connectivity index (χ4v) is 9.10. The largest absolute Gasteiger partial charge is 0.0654 e. The van der Waals surface area contributed by atoms with Gasteiger partial charge in [0.25, 0.3) is 0 Å². The van der Waals surface area contributed by atoms with Crippen LogP contribution in [0.3, 0.4) is 0 Å². The first kappa shape index (κ1) is 23.4. The predicted octanol–water partition coefficient (Wildman–Crippen LogP) is 9.49. The molecule has 0 bridgehead atoms. The normalized spacial score (nSPS) is 22.5. The van der Waals surface area contributed by atoms with Gasteiger partial charge in [-0.05, 0) is 82.4 Å². The zero-order valence-corrected chi connectivity index (χ0v) is 22.1. The fourth-order valence-electron chi connectivity index (χ4n) is 7.83. The molecule has 3 rings (SSSR count). The molecule has 0 radical (unpaired) electrons. The molecule has 0 atom stereocenters. The quantitative estimate of drug-likeness (QED) is 0.362. The van der Waals surface area contributed by atoms with Crippen molar-refractivity contribution in [3.8, 4) is 0 Å². The number of hydrogen-bond donors (Lipinski definition) is 0. The van der Waals surface area contributed by atoms with Crippen LogP contribution in [-0.4, -0.2) is 0 Å². The Bertz CT molecular complexity index is 680. The number of rotatable bonds is 8. The number of halogens is 1. The van der Waals surface area contributed by atoms with Crippen molar-refractivity contribution in [1.29, 1.82) is 0 Å². The molecule has 0 heterocycles. The van der Waals surface area contributed by atoms with Gasteiger partial charge in [0.1, 0.15) is 0 Å². The zero-order valence-electron chi connectivity index (χ0n) is 20.5. The highest BCUT2D eigenvalue weighted by molar-refractivity contribution is 9.10. The average Bonchev–Trinajstić information content (AvgIpc) is 2.95. The molecule has 0 aliphatic heterocycles. The molecule has 0 N–H and O–H groups in total. The van der Waals surface area contributed by atoms with E-state index >= 15 is 0 Å². The van der Waals surface area contributed by atoms with Crippen molar-refractivity contribution in [3.05, 3.63) is 32.8 Å². The molecule has 1 aromatic rings. The lowest BCUT2D eigenvalue weighted by atomic mass is 9.70. The van der Waals surface area contributed by atoms with Crippen LogP contribution >= 0.6 is 15.9 Å². The van der Waals surface area contributed by atoms with E-state index in [1.807, 2.05) is 0 Å². The van der Waals surface area contributed by atoms with Crippen LogP contribution in [0, 0.1) is 0 Å². The minimum atomic E-state index is 0.272. The predicted molar refractivity (Wildman–Crippen MR) is 132 cm³/mol. The Morgan fingerprint density at radius 3 is 1.24 bits per heavy atom. The van der Waals surface area contributed by atoms with Crippen LogP contribution in [0.15, 0.2) is 10.5 Å². The summed E-state index contributed by atoms with van der Waals surface area (Å²) in [6.07, 6.45) is 13.0. The fraction of sp³-hybridized carbons (Fsp3) is 0.786. The molecule has 0 amide bonds. The lowest BCUT2D eigenvalue weighted by Crippen LogP contribution is -2.28. The summed E-state index contributed by atoms with van der Waals surface area (Å²) in [6, 6.07) is 2.69. The van der Waals surface area contributed by atoms with Gasteiger partial charge < -0.3 is 0 Å². The van der Waals surface area contributed by atoms with E-state index in [-0.39, 0.29) is 10.8 Å². The molecule has 0 aromatic heterocycles. The first-order chi connectivity index (χ1) is 13.5. The molecule has 0 fully saturated rings. The second-order valence-corrected chi connectivity index (χ2v) is 12.5. The number of hydrogen-bond acceptors (Lipinski definition) is 0. The van der Waals surface area contributed by atoms with Gasteiger partial charge >= 0.3 is 0 Å². The third-order valence-electron chi connectivity index (χ3n) is 8.26. The summed E-state index contributed by atoms with van der Waals surface area (Å²) in [5.41, 5.74) is 7.98. The van der Waals surface area contributed by atoms with Crippen molar-refractivity contribution in [2.45, 2.75) is 141 Å². The Morgan fingerprint density at radius 1 is 0.655 bits per heavy atom. The summed E-state index contributed by atoms with van der Waals surface area (Å²) in [6.45, 7) is 19.5. The van der Waals surface area contributed by atoms with E-state index in [2.05, 4.69) is 77.4 Å². The maximum atomic E-state index is 4.32. The van der Waals surface area contributed by atoms with E-state index in [4.69, 9.17) is 0 Å². The van der Waals surface area contributed by atoms with E-state index in [9.17, 15) is 0 Å². The van der Waals surface area contributed by atoms with E-state index in [0.717, 1.165) is 0 Å². The van der Waals surface area contributed by atoms with Gasteiger partial charge in [0.15, 0.2) is 0 Å². The number of benzene rings is 1. The second-order valence-electron chi connectivity index (χ2n) is 11.7. The summed E-state index contributed by atoms with van der Waals surface area (Å²) in [7, 11) is 0. The van der Waals surface area contributed by atoms with Crippen LogP contribution in [0.25, 0.3) is 0 Å². The molecular formula is C28H45Br. The van der Waals surface area contributed by atoms with E-state index in [0.29, 0.717) is 10.8 Å². The minimum Gasteiger partial charge on any atom is -0.0654 e. The minimum absolute atomic E-state index is 0.272. The van der Waals surface area contributed by atoms with Gasteiger partial charge in [-0.2, -0.15) is 0 Å². The van der Waals surface area contributed by atoms with E-state index in [1.165, 1.54) is 68.7 Å². The first-order valence-corrected chi connectivity index (χ1v) is 13.2. The average molecular weight is 462 g/mol. The Kier molecular flexibility index (Phi) is 6.44. The van der Waals surface area contributed by atoms with Gasteiger partial charge in [-0.25, -0.2) is 0 Å². The third-order valence-corrected chi connectivity index (χ3v) is 9.05.